The van der Waals surface area contributed by atoms with Gasteiger partial charge in [-0.1, -0.05) is 5.10 Å². The summed E-state index contributed by atoms with van der Waals surface area (Å²) < 4.78 is 5.24. The van der Waals surface area contributed by atoms with Gasteiger partial charge < -0.3 is 4.42 Å². The number of hydrogen-bond donors (Lipinski definition) is 1. The first-order chi connectivity index (χ1) is 5.38. The minimum absolute atomic E-state index is 0.0590. The first-order valence-corrected chi connectivity index (χ1v) is 2.64. The molecule has 0 saturated heterocycles. The summed E-state index contributed by atoms with van der Waals surface area (Å²) in [5.41, 5.74) is 0. The number of aromatic nitrogens is 6. The average Bonchev–Trinajstić information content (AvgIpc) is 2.55. The molecule has 8 nitrogen and oxygen atoms in total. The monoisotopic (exact) mass is 154 g/mol. The molecular weight excluding hydrogens is 152 g/mol. The Morgan fingerprint density at radius 3 is 3.09 bits per heavy atom. The molecule has 56 valence electrons. The third-order valence-electron chi connectivity index (χ3n) is 1.01. The molecule has 0 aliphatic heterocycles. The van der Waals surface area contributed by atoms with E-state index in [0.717, 1.165) is 11.1 Å². The van der Waals surface area contributed by atoms with Crippen molar-refractivity contribution in [2.24, 2.45) is 0 Å². The van der Waals surface area contributed by atoms with Gasteiger partial charge in [-0.3, -0.25) is 0 Å². The van der Waals surface area contributed by atoms with Crippen LogP contribution in [0.2, 0.25) is 0 Å². The van der Waals surface area contributed by atoms with Crippen molar-refractivity contribution >= 4 is 0 Å². The Labute approximate surface area is 58.8 Å². The number of H-pyrrole nitrogens is 1. The molecule has 2 aromatic heterocycles. The number of aromatic amines is 1. The zero-order chi connectivity index (χ0) is 7.68. The number of tetrazole rings is 1. The van der Waals surface area contributed by atoms with Crippen LogP contribution in [0.4, 0.5) is 0 Å². The second-order valence-electron chi connectivity index (χ2n) is 1.63. The molecular formula is C3H2N6O2. The molecule has 0 aliphatic rings. The van der Waals surface area contributed by atoms with Crippen LogP contribution in [-0.4, -0.2) is 30.4 Å². The molecule has 0 aromatic carbocycles. The van der Waals surface area contributed by atoms with E-state index < -0.39 is 5.76 Å². The maximum Gasteiger partial charge on any atom is 0.444 e. The van der Waals surface area contributed by atoms with Crippen LogP contribution in [0.25, 0.3) is 5.95 Å². The number of rotatable bonds is 1. The Bertz CT molecular complexity index is 384. The number of hydrogen-bond acceptors (Lipinski definition) is 6. The Morgan fingerprint density at radius 2 is 2.55 bits per heavy atom. The second kappa shape index (κ2) is 2.01. The van der Waals surface area contributed by atoms with E-state index in [2.05, 4.69) is 30.1 Å². The quantitative estimate of drug-likeness (QED) is 0.527. The molecule has 0 saturated carbocycles. The lowest BCUT2D eigenvalue weighted by Gasteiger charge is -1.82. The highest BCUT2D eigenvalue weighted by Crippen LogP contribution is 1.85. The van der Waals surface area contributed by atoms with Crippen LogP contribution in [0.1, 0.15) is 0 Å². The van der Waals surface area contributed by atoms with Crippen molar-refractivity contribution in [1.82, 2.24) is 30.4 Å². The number of nitrogens with zero attached hydrogens (tertiary/aromatic N) is 5. The molecule has 0 aliphatic carbocycles. The summed E-state index contributed by atoms with van der Waals surface area (Å²) in [6.07, 6.45) is 0.999. The van der Waals surface area contributed by atoms with Gasteiger partial charge in [0.05, 0.1) is 0 Å². The second-order valence-corrected chi connectivity index (χ2v) is 1.63. The smallest absolute Gasteiger partial charge is 0.395 e. The Morgan fingerprint density at radius 1 is 1.64 bits per heavy atom. The maximum atomic E-state index is 10.7. The Kier molecular flexibility index (Phi) is 1.05. The predicted molar refractivity (Wildman–Crippen MR) is 29.8 cm³/mol. The molecule has 0 unspecified atom stereocenters. The summed E-state index contributed by atoms with van der Waals surface area (Å²) in [5, 5.41) is 16.0. The third-order valence-corrected chi connectivity index (χ3v) is 1.01. The zero-order valence-corrected chi connectivity index (χ0v) is 5.13. The maximum absolute atomic E-state index is 10.7. The predicted octanol–water partition coefficient (Wildman–Crippen LogP) is -1.66. The van der Waals surface area contributed by atoms with Gasteiger partial charge >= 0.3 is 5.76 Å². The molecule has 11 heavy (non-hydrogen) atoms. The van der Waals surface area contributed by atoms with Crippen molar-refractivity contribution in [3.63, 3.8) is 0 Å². The molecule has 0 amide bonds. The standard InChI is InChI=1S/C3H2N6O2/c10-3-9(4-1-11-3)2-5-7-8-6-2/h1H,(H,5,6,7,8). The van der Waals surface area contributed by atoms with E-state index in [-0.39, 0.29) is 5.95 Å². The highest BCUT2D eigenvalue weighted by molar-refractivity contribution is 4.97. The summed E-state index contributed by atoms with van der Waals surface area (Å²) in [6, 6.07) is 0. The highest BCUT2D eigenvalue weighted by atomic mass is 16.4. The lowest BCUT2D eigenvalue weighted by Crippen LogP contribution is -2.14. The van der Waals surface area contributed by atoms with E-state index in [1.807, 2.05) is 0 Å². The van der Waals surface area contributed by atoms with Gasteiger partial charge in [-0.05, 0) is 5.21 Å². The zero-order valence-electron chi connectivity index (χ0n) is 5.13. The topological polar surface area (TPSA) is 102 Å². The summed E-state index contributed by atoms with van der Waals surface area (Å²) in [6.45, 7) is 0. The lowest BCUT2D eigenvalue weighted by molar-refractivity contribution is 0.501. The lowest BCUT2D eigenvalue weighted by atomic mass is 11.0. The van der Waals surface area contributed by atoms with Crippen LogP contribution >= 0.6 is 0 Å². The van der Waals surface area contributed by atoms with Gasteiger partial charge in [-0.25, -0.2) is 4.79 Å². The van der Waals surface area contributed by atoms with Crippen molar-refractivity contribution in [3.05, 3.63) is 16.9 Å². The molecule has 1 N–H and O–H groups in total. The van der Waals surface area contributed by atoms with Crippen molar-refractivity contribution in [2.45, 2.75) is 0 Å². The van der Waals surface area contributed by atoms with Gasteiger partial charge in [-0.2, -0.15) is 5.21 Å². The first-order valence-electron chi connectivity index (χ1n) is 2.64. The summed E-state index contributed by atoms with van der Waals surface area (Å²) >= 11 is 0. The summed E-state index contributed by atoms with van der Waals surface area (Å²) in [5.74, 6) is -0.588. The SMILES string of the molecule is O=c1ocnn1-c1nn[nH]n1. The van der Waals surface area contributed by atoms with E-state index in [1.54, 1.807) is 0 Å². The van der Waals surface area contributed by atoms with Gasteiger partial charge in [0.1, 0.15) is 0 Å². The van der Waals surface area contributed by atoms with Gasteiger partial charge in [0.15, 0.2) is 0 Å². The third kappa shape index (κ3) is 0.801. The molecule has 2 heterocycles. The largest absolute Gasteiger partial charge is 0.444 e. The van der Waals surface area contributed by atoms with Crippen LogP contribution in [-0.2, 0) is 0 Å². The van der Waals surface area contributed by atoms with Crippen LogP contribution in [0.15, 0.2) is 15.6 Å². The molecule has 0 fully saturated rings. The van der Waals surface area contributed by atoms with Crippen molar-refractivity contribution < 1.29 is 4.42 Å². The fourth-order valence-corrected chi connectivity index (χ4v) is 0.592. The Hall–Kier alpha value is -1.99. The average molecular weight is 154 g/mol. The molecule has 0 atom stereocenters. The van der Waals surface area contributed by atoms with Crippen molar-refractivity contribution in [3.8, 4) is 5.95 Å². The fraction of sp³-hybridized carbons (Fsp3) is 0. The van der Waals surface area contributed by atoms with E-state index in [1.165, 1.54) is 0 Å². The highest BCUT2D eigenvalue weighted by Gasteiger charge is 2.06. The van der Waals surface area contributed by atoms with Crippen LogP contribution < -0.4 is 5.76 Å². The van der Waals surface area contributed by atoms with Gasteiger partial charge in [0.2, 0.25) is 6.39 Å². The van der Waals surface area contributed by atoms with Crippen LogP contribution in [0.5, 0.6) is 0 Å². The van der Waals surface area contributed by atoms with Crippen molar-refractivity contribution in [1.29, 1.82) is 0 Å². The molecule has 8 heteroatoms. The molecule has 2 aromatic rings. The van der Waals surface area contributed by atoms with Crippen LogP contribution in [0, 0.1) is 0 Å². The van der Waals surface area contributed by atoms with E-state index in [4.69, 9.17) is 0 Å². The van der Waals surface area contributed by atoms with Gasteiger partial charge in [0, 0.05) is 0 Å². The van der Waals surface area contributed by atoms with Crippen molar-refractivity contribution in [2.75, 3.05) is 0 Å². The molecule has 0 spiro atoms. The van der Waals surface area contributed by atoms with Crippen LogP contribution in [0.3, 0.4) is 0 Å². The number of nitrogens with one attached hydrogen (secondary N) is 1. The fourth-order valence-electron chi connectivity index (χ4n) is 0.592. The first kappa shape index (κ1) is 5.77. The van der Waals surface area contributed by atoms with E-state index in [0.29, 0.717) is 0 Å². The Balaban J connectivity index is 2.62. The van der Waals surface area contributed by atoms with Gasteiger partial charge in [0.25, 0.3) is 5.95 Å². The normalized spacial score (nSPS) is 10.2. The minimum Gasteiger partial charge on any atom is -0.395 e. The summed E-state index contributed by atoms with van der Waals surface area (Å²) in [4.78, 5) is 10.7. The summed E-state index contributed by atoms with van der Waals surface area (Å²) in [7, 11) is 0. The molecule has 2 rings (SSSR count). The van der Waals surface area contributed by atoms with E-state index >= 15 is 0 Å². The molecule has 0 bridgehead atoms. The molecule has 0 radical (unpaired) electrons. The van der Waals surface area contributed by atoms with E-state index in [9.17, 15) is 4.79 Å². The van der Waals surface area contributed by atoms with Gasteiger partial charge in [-0.15, -0.1) is 14.9 Å². The minimum atomic E-state index is -0.647.